The van der Waals surface area contributed by atoms with E-state index >= 15 is 0 Å². The van der Waals surface area contributed by atoms with Crippen LogP contribution in [0.4, 0.5) is 11.4 Å². The summed E-state index contributed by atoms with van der Waals surface area (Å²) in [6.07, 6.45) is 7.31. The summed E-state index contributed by atoms with van der Waals surface area (Å²) in [5, 5.41) is 7.62. The monoisotopic (exact) mass is 427 g/mol. The van der Waals surface area contributed by atoms with E-state index in [9.17, 15) is 0 Å². The minimum absolute atomic E-state index is 0. The van der Waals surface area contributed by atoms with E-state index in [-0.39, 0.29) is 17.9 Å². The first kappa shape index (κ1) is 20.9. The minimum Gasteiger partial charge on any atom is -0.454 e. The van der Waals surface area contributed by atoms with Crippen molar-refractivity contribution < 1.29 is 9.47 Å². The number of aryl methyl sites for hydroxylation is 2. The molecule has 0 amide bonds. The summed E-state index contributed by atoms with van der Waals surface area (Å²) in [4.78, 5) is 5.10. The number of hydrogen-bond donors (Lipinski definition) is 2. The summed E-state index contributed by atoms with van der Waals surface area (Å²) < 4.78 is 11.0. The summed E-state index contributed by atoms with van der Waals surface area (Å²) in [7, 11) is 0. The largest absolute Gasteiger partial charge is 0.454 e. The average Bonchev–Trinajstić information content (AvgIpc) is 3.06. The van der Waals surface area contributed by atoms with Gasteiger partial charge in [0.15, 0.2) is 11.5 Å². The first-order valence-electron chi connectivity index (χ1n) is 10.7. The van der Waals surface area contributed by atoms with Crippen LogP contribution in [0.5, 0.6) is 11.5 Å². The summed E-state index contributed by atoms with van der Waals surface area (Å²) >= 11 is 0. The number of nitrogens with one attached hydrogen (secondary N) is 2. The number of halogens is 1. The molecule has 0 radical (unpaired) electrons. The van der Waals surface area contributed by atoms with Crippen LogP contribution in [0.2, 0.25) is 0 Å². The molecule has 2 aliphatic heterocycles. The number of hydrogen-bond acceptors (Lipinski definition) is 4. The van der Waals surface area contributed by atoms with Crippen LogP contribution in [0.15, 0.2) is 35.3 Å². The smallest absolute Gasteiger partial charge is 0.231 e. The minimum atomic E-state index is -0.0957. The third-order valence-electron chi connectivity index (χ3n) is 6.53. The first-order chi connectivity index (χ1) is 14.1. The van der Waals surface area contributed by atoms with Gasteiger partial charge in [-0.05, 0) is 67.6 Å². The van der Waals surface area contributed by atoms with Crippen LogP contribution in [-0.2, 0) is 6.54 Å². The molecule has 0 aromatic heterocycles. The van der Waals surface area contributed by atoms with E-state index in [2.05, 4.69) is 42.7 Å². The Morgan fingerprint density at radius 1 is 0.900 bits per heavy atom. The number of aliphatic imine (C=N–C) groups is 1. The van der Waals surface area contributed by atoms with Crippen LogP contribution >= 0.6 is 12.4 Å². The maximum atomic E-state index is 5.53. The molecular weight excluding hydrogens is 398 g/mol. The normalized spacial score (nSPS) is 20.0. The number of nitrogens with zero attached hydrogens (tertiary/aromatic N) is 1. The fraction of sp³-hybridized carbons (Fsp3) is 0.458. The summed E-state index contributed by atoms with van der Waals surface area (Å²) in [6.45, 7) is 5.27. The molecule has 5 nitrogen and oxygen atoms in total. The van der Waals surface area contributed by atoms with E-state index in [0.29, 0.717) is 13.3 Å². The van der Waals surface area contributed by atoms with Crippen LogP contribution in [0.1, 0.15) is 55.2 Å². The second-order valence-electron chi connectivity index (χ2n) is 8.58. The van der Waals surface area contributed by atoms with Crippen molar-refractivity contribution in [2.75, 3.05) is 17.4 Å². The highest BCUT2D eigenvalue weighted by atomic mass is 35.5. The molecule has 160 valence electrons. The third kappa shape index (κ3) is 3.83. The Balaban J connectivity index is 0.00000218. The van der Waals surface area contributed by atoms with Gasteiger partial charge in [0.05, 0.1) is 23.5 Å². The summed E-state index contributed by atoms with van der Waals surface area (Å²) in [5.74, 6) is 2.71. The molecule has 2 heterocycles. The molecule has 2 aromatic carbocycles. The van der Waals surface area contributed by atoms with E-state index < -0.39 is 0 Å². The van der Waals surface area contributed by atoms with Crippen LogP contribution in [-0.4, -0.2) is 18.2 Å². The van der Waals surface area contributed by atoms with Gasteiger partial charge in [0.1, 0.15) is 5.84 Å². The highest BCUT2D eigenvalue weighted by Crippen LogP contribution is 2.40. The van der Waals surface area contributed by atoms with Gasteiger partial charge in [0.2, 0.25) is 6.79 Å². The van der Waals surface area contributed by atoms with Crippen LogP contribution in [0.3, 0.4) is 0 Å². The second kappa shape index (κ2) is 8.38. The fourth-order valence-electron chi connectivity index (χ4n) is 4.68. The summed E-state index contributed by atoms with van der Waals surface area (Å²) in [6, 6.07) is 10.6. The van der Waals surface area contributed by atoms with Crippen molar-refractivity contribution in [3.05, 3.63) is 47.0 Å². The van der Waals surface area contributed by atoms with Crippen molar-refractivity contribution in [3.8, 4) is 11.5 Å². The molecule has 1 saturated carbocycles. The zero-order valence-corrected chi connectivity index (χ0v) is 18.5. The highest BCUT2D eigenvalue weighted by molar-refractivity contribution is 6.09. The van der Waals surface area contributed by atoms with Crippen molar-refractivity contribution in [2.45, 2.75) is 64.5 Å². The van der Waals surface area contributed by atoms with Gasteiger partial charge in [-0.25, -0.2) is 0 Å². The SMILES string of the molecule is Cc1cc2c(cc1C)NC1(CCCCCC1)C(=NCc1ccc3c(c1)OCO3)N2.Cl. The van der Waals surface area contributed by atoms with Crippen molar-refractivity contribution in [2.24, 2.45) is 4.99 Å². The Bertz CT molecular complexity index is 965. The maximum Gasteiger partial charge on any atom is 0.231 e. The van der Waals surface area contributed by atoms with Crippen molar-refractivity contribution >= 4 is 29.6 Å². The molecule has 3 aliphatic rings. The Kier molecular flexibility index (Phi) is 5.83. The van der Waals surface area contributed by atoms with E-state index in [1.807, 2.05) is 12.1 Å². The van der Waals surface area contributed by atoms with Gasteiger partial charge in [-0.15, -0.1) is 12.4 Å². The molecule has 0 saturated heterocycles. The van der Waals surface area contributed by atoms with Gasteiger partial charge in [-0.1, -0.05) is 31.7 Å². The predicted octanol–water partition coefficient (Wildman–Crippen LogP) is 5.98. The van der Waals surface area contributed by atoms with Gasteiger partial charge in [0.25, 0.3) is 0 Å². The standard InChI is InChI=1S/C24H29N3O2.ClH/c1-16-11-19-20(12-17(16)2)27-24(9-5-3-4-6-10-24)23(26-19)25-14-18-7-8-21-22(13-18)29-15-28-21;/h7-8,11-13,27H,3-6,9-10,14-15H2,1-2H3,(H,25,26);1H. The Labute approximate surface area is 184 Å². The lowest BCUT2D eigenvalue weighted by atomic mass is 9.85. The van der Waals surface area contributed by atoms with Gasteiger partial charge in [-0.2, -0.15) is 0 Å². The molecule has 0 atom stereocenters. The van der Waals surface area contributed by atoms with Gasteiger partial charge < -0.3 is 20.1 Å². The first-order valence-corrected chi connectivity index (χ1v) is 10.7. The predicted molar refractivity (Wildman–Crippen MR) is 125 cm³/mol. The van der Waals surface area contributed by atoms with Crippen molar-refractivity contribution in [3.63, 3.8) is 0 Å². The van der Waals surface area contributed by atoms with E-state index in [1.165, 1.54) is 42.5 Å². The number of benzene rings is 2. The molecule has 2 aromatic rings. The van der Waals surface area contributed by atoms with Gasteiger partial charge in [-0.3, -0.25) is 4.99 Å². The molecule has 6 heteroatoms. The van der Waals surface area contributed by atoms with Gasteiger partial charge >= 0.3 is 0 Å². The van der Waals surface area contributed by atoms with Crippen molar-refractivity contribution in [1.29, 1.82) is 0 Å². The molecule has 5 rings (SSSR count). The molecular formula is C24H30ClN3O2. The zero-order chi connectivity index (χ0) is 19.8. The quantitative estimate of drug-likeness (QED) is 0.618. The Hall–Kier alpha value is -2.40. The molecule has 1 fully saturated rings. The number of fused-ring (bicyclic) bond motifs is 2. The summed E-state index contributed by atoms with van der Waals surface area (Å²) in [5.41, 5.74) is 6.00. The van der Waals surface area contributed by atoms with Crippen LogP contribution < -0.4 is 20.1 Å². The van der Waals surface area contributed by atoms with E-state index in [1.54, 1.807) is 0 Å². The lowest BCUT2D eigenvalue weighted by Gasteiger charge is -2.41. The molecule has 1 aliphatic carbocycles. The fourth-order valence-corrected chi connectivity index (χ4v) is 4.68. The average molecular weight is 428 g/mol. The van der Waals surface area contributed by atoms with Gasteiger partial charge in [0, 0.05) is 0 Å². The Morgan fingerprint density at radius 2 is 1.60 bits per heavy atom. The number of anilines is 2. The highest BCUT2D eigenvalue weighted by Gasteiger charge is 2.40. The second-order valence-corrected chi connectivity index (χ2v) is 8.58. The molecule has 2 N–H and O–H groups in total. The number of amidine groups is 1. The molecule has 30 heavy (non-hydrogen) atoms. The lowest BCUT2D eigenvalue weighted by Crippen LogP contribution is -2.52. The number of ether oxygens (including phenoxy) is 2. The van der Waals surface area contributed by atoms with Crippen LogP contribution in [0.25, 0.3) is 0 Å². The molecule has 1 spiro atoms. The molecule has 0 unspecified atom stereocenters. The Morgan fingerprint density at radius 3 is 2.37 bits per heavy atom. The topological polar surface area (TPSA) is 54.9 Å². The van der Waals surface area contributed by atoms with E-state index in [0.717, 1.165) is 41.4 Å². The molecule has 0 bridgehead atoms. The van der Waals surface area contributed by atoms with Crippen molar-refractivity contribution in [1.82, 2.24) is 0 Å². The third-order valence-corrected chi connectivity index (χ3v) is 6.53. The van der Waals surface area contributed by atoms with E-state index in [4.69, 9.17) is 14.5 Å². The number of rotatable bonds is 2. The van der Waals surface area contributed by atoms with Crippen LogP contribution in [0, 0.1) is 13.8 Å². The lowest BCUT2D eigenvalue weighted by molar-refractivity contribution is 0.174. The maximum absolute atomic E-state index is 5.53. The zero-order valence-electron chi connectivity index (χ0n) is 17.7.